The number of thioether (sulfide) groups is 1. The molecule has 1 aliphatic heterocycles. The highest BCUT2D eigenvalue weighted by atomic mass is 35.5. The van der Waals surface area contributed by atoms with Crippen LogP contribution in [0.2, 0.25) is 5.02 Å². The molecule has 2 aromatic carbocycles. The summed E-state index contributed by atoms with van der Waals surface area (Å²) in [7, 11) is -3.56. The first-order valence-electron chi connectivity index (χ1n) is 7.48. The van der Waals surface area contributed by atoms with E-state index in [1.54, 1.807) is 24.3 Å². The first-order valence-corrected chi connectivity index (χ1v) is 10.3. The van der Waals surface area contributed by atoms with Crippen LogP contribution < -0.4 is 0 Å². The van der Waals surface area contributed by atoms with E-state index in [0.717, 1.165) is 11.1 Å². The van der Waals surface area contributed by atoms with Gasteiger partial charge < -0.3 is 0 Å². The lowest BCUT2D eigenvalue weighted by atomic mass is 10.2. The minimum atomic E-state index is -3.56. The third-order valence-electron chi connectivity index (χ3n) is 3.65. The molecule has 2 aromatic rings. The number of aliphatic imine (C=N–C) groups is 1. The molecule has 0 fully saturated rings. The number of benzene rings is 2. The number of halogens is 1. The minimum absolute atomic E-state index is 0.301. The van der Waals surface area contributed by atoms with Crippen molar-refractivity contribution in [3.63, 3.8) is 0 Å². The van der Waals surface area contributed by atoms with Gasteiger partial charge in [-0.25, -0.2) is 12.7 Å². The average molecular weight is 381 g/mol. The molecule has 0 unspecified atom stereocenters. The summed E-state index contributed by atoms with van der Waals surface area (Å²) in [5.74, 6) is 0.649. The van der Waals surface area contributed by atoms with Crippen LogP contribution in [-0.4, -0.2) is 31.0 Å². The Labute approximate surface area is 151 Å². The number of hydrogen-bond donors (Lipinski definition) is 0. The van der Waals surface area contributed by atoms with Crippen molar-refractivity contribution in [2.24, 2.45) is 4.99 Å². The topological polar surface area (TPSA) is 49.7 Å². The quantitative estimate of drug-likeness (QED) is 0.807. The predicted octanol–water partition coefficient (Wildman–Crippen LogP) is 3.94. The lowest BCUT2D eigenvalue weighted by molar-refractivity contribution is 0.540. The first-order chi connectivity index (χ1) is 11.5. The van der Waals surface area contributed by atoms with Crippen molar-refractivity contribution in [3.8, 4) is 0 Å². The maximum absolute atomic E-state index is 12.8. The zero-order valence-corrected chi connectivity index (χ0v) is 15.5. The van der Waals surface area contributed by atoms with Gasteiger partial charge in [0, 0.05) is 10.8 Å². The highest BCUT2D eigenvalue weighted by Crippen LogP contribution is 2.26. The summed E-state index contributed by atoms with van der Waals surface area (Å²) in [6.45, 7) is 2.81. The Morgan fingerprint density at radius 2 is 1.79 bits per heavy atom. The van der Waals surface area contributed by atoms with E-state index in [1.807, 2.05) is 31.2 Å². The van der Waals surface area contributed by atoms with Crippen LogP contribution in [0.5, 0.6) is 0 Å². The number of hydrogen-bond acceptors (Lipinski definition) is 4. The van der Waals surface area contributed by atoms with Crippen LogP contribution in [0, 0.1) is 6.92 Å². The van der Waals surface area contributed by atoms with Crippen LogP contribution in [0.3, 0.4) is 0 Å². The SMILES string of the molecule is Cc1ccc(S(=O)(=O)N2CCN=C2SCc2ccc(Cl)cc2)cc1. The van der Waals surface area contributed by atoms with Crippen LogP contribution >= 0.6 is 23.4 Å². The molecule has 0 saturated heterocycles. The molecule has 0 saturated carbocycles. The molecule has 1 aliphatic rings. The molecular weight excluding hydrogens is 364 g/mol. The van der Waals surface area contributed by atoms with Gasteiger partial charge in [-0.15, -0.1) is 0 Å². The molecule has 0 amide bonds. The summed E-state index contributed by atoms with van der Waals surface area (Å²) in [5, 5.41) is 1.23. The summed E-state index contributed by atoms with van der Waals surface area (Å²) in [5.41, 5.74) is 2.10. The smallest absolute Gasteiger partial charge is 0.260 e. The van der Waals surface area contributed by atoms with E-state index >= 15 is 0 Å². The van der Waals surface area contributed by atoms with Crippen molar-refractivity contribution in [2.45, 2.75) is 17.6 Å². The van der Waals surface area contributed by atoms with Crippen molar-refractivity contribution in [2.75, 3.05) is 13.1 Å². The van der Waals surface area contributed by atoms with E-state index in [4.69, 9.17) is 11.6 Å². The molecule has 1 heterocycles. The number of nitrogens with zero attached hydrogens (tertiary/aromatic N) is 2. The number of amidine groups is 1. The third-order valence-corrected chi connectivity index (χ3v) is 6.91. The second kappa shape index (κ2) is 7.17. The highest BCUT2D eigenvalue weighted by Gasteiger charge is 2.30. The van der Waals surface area contributed by atoms with Crippen LogP contribution in [0.4, 0.5) is 0 Å². The number of sulfonamides is 1. The summed E-state index contributed by atoms with van der Waals surface area (Å²) < 4.78 is 27.1. The van der Waals surface area contributed by atoms with Gasteiger partial charge in [-0.3, -0.25) is 4.99 Å². The van der Waals surface area contributed by atoms with Gasteiger partial charge in [-0.1, -0.05) is 53.2 Å². The summed E-state index contributed by atoms with van der Waals surface area (Å²) in [4.78, 5) is 4.66. The van der Waals surface area contributed by atoms with Crippen molar-refractivity contribution in [1.29, 1.82) is 0 Å². The largest absolute Gasteiger partial charge is 0.265 e. The first kappa shape index (κ1) is 17.3. The van der Waals surface area contributed by atoms with Crippen LogP contribution in [0.25, 0.3) is 0 Å². The van der Waals surface area contributed by atoms with E-state index in [2.05, 4.69) is 4.99 Å². The van der Waals surface area contributed by atoms with E-state index in [1.165, 1.54) is 16.1 Å². The van der Waals surface area contributed by atoms with Gasteiger partial charge in [0.2, 0.25) is 0 Å². The third kappa shape index (κ3) is 3.77. The van der Waals surface area contributed by atoms with Crippen molar-refractivity contribution < 1.29 is 8.42 Å². The van der Waals surface area contributed by atoms with Crippen molar-refractivity contribution in [1.82, 2.24) is 4.31 Å². The van der Waals surface area contributed by atoms with E-state index in [9.17, 15) is 8.42 Å². The Morgan fingerprint density at radius 1 is 1.12 bits per heavy atom. The Kier molecular flexibility index (Phi) is 5.18. The zero-order valence-electron chi connectivity index (χ0n) is 13.1. The van der Waals surface area contributed by atoms with Gasteiger partial charge in [0.15, 0.2) is 5.17 Å². The molecule has 0 N–H and O–H groups in total. The molecule has 0 spiro atoms. The Bertz CT molecular complexity index is 847. The molecule has 126 valence electrons. The molecule has 4 nitrogen and oxygen atoms in total. The Hall–Kier alpha value is -1.50. The summed E-state index contributed by atoms with van der Waals surface area (Å²) >= 11 is 7.31. The fourth-order valence-corrected chi connectivity index (χ4v) is 5.12. The minimum Gasteiger partial charge on any atom is -0.260 e. The maximum atomic E-state index is 12.8. The lowest BCUT2D eigenvalue weighted by Crippen LogP contribution is -2.32. The molecule has 0 aliphatic carbocycles. The maximum Gasteiger partial charge on any atom is 0.265 e. The fourth-order valence-electron chi connectivity index (χ4n) is 2.32. The molecule has 0 radical (unpaired) electrons. The van der Waals surface area contributed by atoms with Crippen molar-refractivity contribution in [3.05, 3.63) is 64.7 Å². The molecule has 0 aromatic heterocycles. The molecule has 3 rings (SSSR count). The van der Waals surface area contributed by atoms with E-state index in [-0.39, 0.29) is 0 Å². The fraction of sp³-hybridized carbons (Fsp3) is 0.235. The Morgan fingerprint density at radius 3 is 2.46 bits per heavy atom. The van der Waals surface area contributed by atoms with Gasteiger partial charge in [0.05, 0.1) is 18.0 Å². The monoisotopic (exact) mass is 380 g/mol. The summed E-state index contributed by atoms with van der Waals surface area (Å²) in [6, 6.07) is 14.4. The summed E-state index contributed by atoms with van der Waals surface area (Å²) in [6.07, 6.45) is 0. The molecule has 0 atom stereocenters. The Balaban J connectivity index is 1.75. The second-order valence-corrected chi connectivity index (χ2v) is 8.71. The zero-order chi connectivity index (χ0) is 17.2. The highest BCUT2D eigenvalue weighted by molar-refractivity contribution is 8.14. The standard InChI is InChI=1S/C17H17ClN2O2S2/c1-13-2-8-16(9-3-13)24(21,22)20-11-10-19-17(20)23-12-14-4-6-15(18)7-5-14/h2-9H,10-12H2,1H3. The lowest BCUT2D eigenvalue weighted by Gasteiger charge is -2.20. The molecular formula is C17H17ClN2O2S2. The van der Waals surface area contributed by atoms with Gasteiger partial charge in [-0.2, -0.15) is 0 Å². The number of rotatable bonds is 4. The van der Waals surface area contributed by atoms with Crippen LogP contribution in [0.15, 0.2) is 58.4 Å². The van der Waals surface area contributed by atoms with E-state index in [0.29, 0.717) is 33.9 Å². The van der Waals surface area contributed by atoms with Crippen molar-refractivity contribution >= 4 is 38.6 Å². The van der Waals surface area contributed by atoms with Crippen LogP contribution in [0.1, 0.15) is 11.1 Å². The van der Waals surface area contributed by atoms with Gasteiger partial charge in [0.1, 0.15) is 0 Å². The van der Waals surface area contributed by atoms with Gasteiger partial charge in [0.25, 0.3) is 10.0 Å². The number of aryl methyl sites for hydroxylation is 1. The second-order valence-electron chi connectivity index (χ2n) is 5.47. The van der Waals surface area contributed by atoms with Crippen LogP contribution in [-0.2, 0) is 15.8 Å². The molecule has 0 bridgehead atoms. The van der Waals surface area contributed by atoms with Gasteiger partial charge >= 0.3 is 0 Å². The van der Waals surface area contributed by atoms with E-state index < -0.39 is 10.0 Å². The predicted molar refractivity (Wildman–Crippen MR) is 100 cm³/mol. The normalized spacial score (nSPS) is 14.8. The molecule has 7 heteroatoms. The van der Waals surface area contributed by atoms with Gasteiger partial charge in [-0.05, 0) is 36.8 Å². The average Bonchev–Trinajstić information content (AvgIpc) is 3.04. The molecule has 24 heavy (non-hydrogen) atoms.